The van der Waals surface area contributed by atoms with Gasteiger partial charge in [-0.2, -0.15) is 0 Å². The van der Waals surface area contributed by atoms with E-state index in [4.69, 9.17) is 9.47 Å². The van der Waals surface area contributed by atoms with Gasteiger partial charge in [-0.25, -0.2) is 9.07 Å². The van der Waals surface area contributed by atoms with Crippen LogP contribution in [0.4, 0.5) is 4.39 Å². The number of benzene rings is 2. The summed E-state index contributed by atoms with van der Waals surface area (Å²) >= 11 is 0. The molecule has 0 aliphatic carbocycles. The molecule has 0 saturated carbocycles. The predicted octanol–water partition coefficient (Wildman–Crippen LogP) is 2.60. The monoisotopic (exact) mass is 440 g/mol. The number of aromatic nitrogens is 4. The number of hydrogen-bond acceptors (Lipinski definition) is 7. The molecule has 9 heteroatoms. The molecule has 1 unspecified atom stereocenters. The molecule has 170 valence electrons. The molecule has 0 spiro atoms. The molecule has 1 aliphatic heterocycles. The van der Waals surface area contributed by atoms with Gasteiger partial charge in [0.1, 0.15) is 5.82 Å². The van der Waals surface area contributed by atoms with E-state index < -0.39 is 0 Å². The second-order valence-electron chi connectivity index (χ2n) is 7.81. The quantitative estimate of drug-likeness (QED) is 0.533. The van der Waals surface area contributed by atoms with Crippen LogP contribution in [0.2, 0.25) is 0 Å². The Labute approximate surface area is 187 Å². The summed E-state index contributed by atoms with van der Waals surface area (Å²) in [6.07, 6.45) is 0. The number of methoxy groups -OCH3 is 2. The molecule has 8 nitrogen and oxygen atoms in total. The number of hydrogen-bond donors (Lipinski definition) is 0. The molecule has 2 heterocycles. The molecule has 0 amide bonds. The topological polar surface area (TPSA) is 68.5 Å². The normalized spacial score (nSPS) is 16.1. The molecule has 4 rings (SSSR count). The number of ether oxygens (including phenoxy) is 2. The molecule has 1 aliphatic rings. The highest BCUT2D eigenvalue weighted by atomic mass is 19.1. The standard InChI is InChI=1S/C23H29FN6O2/c1-4-28-11-13-29(14-12-28)22(18-7-10-20(31-2)21(15-18)32-3)23-25-26-27-30(23)16-17-5-8-19(24)9-6-17/h5-10,15,22H,4,11-14,16H2,1-3H3. The van der Waals surface area contributed by atoms with Crippen molar-refractivity contribution in [2.45, 2.75) is 19.5 Å². The van der Waals surface area contributed by atoms with E-state index in [1.807, 2.05) is 18.2 Å². The molecule has 1 saturated heterocycles. The molecule has 3 aromatic rings. The first-order valence-corrected chi connectivity index (χ1v) is 10.8. The maximum Gasteiger partial charge on any atom is 0.173 e. The van der Waals surface area contributed by atoms with Crippen molar-refractivity contribution in [3.05, 3.63) is 65.2 Å². The smallest absolute Gasteiger partial charge is 0.173 e. The van der Waals surface area contributed by atoms with E-state index in [2.05, 4.69) is 32.2 Å². The summed E-state index contributed by atoms with van der Waals surface area (Å²) in [6, 6.07) is 12.2. The number of likely N-dealkylation sites (N-methyl/N-ethyl adjacent to an activating group) is 1. The van der Waals surface area contributed by atoms with E-state index >= 15 is 0 Å². The minimum atomic E-state index is -0.261. The van der Waals surface area contributed by atoms with Gasteiger partial charge in [-0.3, -0.25) is 4.90 Å². The van der Waals surface area contributed by atoms with Gasteiger partial charge < -0.3 is 14.4 Å². The number of piperazine rings is 1. The predicted molar refractivity (Wildman–Crippen MR) is 118 cm³/mol. The third-order valence-corrected chi connectivity index (χ3v) is 5.99. The summed E-state index contributed by atoms with van der Waals surface area (Å²) in [4.78, 5) is 4.84. The van der Waals surface area contributed by atoms with Crippen LogP contribution in [0.25, 0.3) is 0 Å². The maximum absolute atomic E-state index is 13.4. The van der Waals surface area contributed by atoms with Crippen LogP contribution in [-0.2, 0) is 6.54 Å². The number of halogens is 1. The molecule has 2 aromatic carbocycles. The van der Waals surface area contributed by atoms with Crippen molar-refractivity contribution in [2.24, 2.45) is 0 Å². The molecule has 0 N–H and O–H groups in total. The van der Waals surface area contributed by atoms with Crippen LogP contribution in [0.3, 0.4) is 0 Å². The highest BCUT2D eigenvalue weighted by Crippen LogP contribution is 2.35. The Hall–Kier alpha value is -3.04. The van der Waals surface area contributed by atoms with Gasteiger partial charge in [0.15, 0.2) is 17.3 Å². The Balaban J connectivity index is 1.70. The summed E-state index contributed by atoms with van der Waals surface area (Å²) in [5, 5.41) is 12.7. The molecule has 1 fully saturated rings. The fraction of sp³-hybridized carbons (Fsp3) is 0.435. The van der Waals surface area contributed by atoms with Gasteiger partial charge in [-0.15, -0.1) is 5.10 Å². The van der Waals surface area contributed by atoms with Crippen LogP contribution in [0.1, 0.15) is 29.9 Å². The average molecular weight is 441 g/mol. The minimum absolute atomic E-state index is 0.149. The second kappa shape index (κ2) is 10.1. The SMILES string of the molecule is CCN1CCN(C(c2ccc(OC)c(OC)c2)c2nnnn2Cc2ccc(F)cc2)CC1. The van der Waals surface area contributed by atoms with E-state index in [0.717, 1.165) is 49.7 Å². The molecule has 0 radical (unpaired) electrons. The molecule has 32 heavy (non-hydrogen) atoms. The van der Waals surface area contributed by atoms with Crippen LogP contribution < -0.4 is 9.47 Å². The van der Waals surface area contributed by atoms with Crippen molar-refractivity contribution in [3.8, 4) is 11.5 Å². The van der Waals surface area contributed by atoms with Gasteiger partial charge in [-0.1, -0.05) is 25.1 Å². The van der Waals surface area contributed by atoms with Crippen molar-refractivity contribution in [2.75, 3.05) is 46.9 Å². The highest BCUT2D eigenvalue weighted by Gasteiger charge is 2.31. The van der Waals surface area contributed by atoms with Crippen LogP contribution >= 0.6 is 0 Å². The van der Waals surface area contributed by atoms with Crippen molar-refractivity contribution in [1.82, 2.24) is 30.0 Å². The third-order valence-electron chi connectivity index (χ3n) is 5.99. The van der Waals surface area contributed by atoms with Crippen molar-refractivity contribution in [1.29, 1.82) is 0 Å². The zero-order chi connectivity index (χ0) is 22.5. The van der Waals surface area contributed by atoms with E-state index in [1.165, 1.54) is 12.1 Å². The van der Waals surface area contributed by atoms with Gasteiger partial charge in [0, 0.05) is 26.2 Å². The van der Waals surface area contributed by atoms with Crippen LogP contribution in [0.5, 0.6) is 11.5 Å². The van der Waals surface area contributed by atoms with Gasteiger partial charge in [-0.05, 0) is 52.4 Å². The summed E-state index contributed by atoms with van der Waals surface area (Å²) < 4.78 is 26.1. The maximum atomic E-state index is 13.4. The van der Waals surface area contributed by atoms with E-state index in [9.17, 15) is 4.39 Å². The molecule has 1 atom stereocenters. The minimum Gasteiger partial charge on any atom is -0.493 e. The lowest BCUT2D eigenvalue weighted by molar-refractivity contribution is 0.108. The van der Waals surface area contributed by atoms with E-state index in [1.54, 1.807) is 31.0 Å². The fourth-order valence-electron chi connectivity index (χ4n) is 4.17. The second-order valence-corrected chi connectivity index (χ2v) is 7.81. The zero-order valence-electron chi connectivity index (χ0n) is 18.7. The lowest BCUT2D eigenvalue weighted by atomic mass is 10.0. The Kier molecular flexibility index (Phi) is 6.96. The van der Waals surface area contributed by atoms with E-state index in [0.29, 0.717) is 18.0 Å². The summed E-state index contributed by atoms with van der Waals surface area (Å²) in [7, 11) is 3.26. The van der Waals surface area contributed by atoms with E-state index in [-0.39, 0.29) is 11.9 Å². The van der Waals surface area contributed by atoms with Gasteiger partial charge >= 0.3 is 0 Å². The van der Waals surface area contributed by atoms with Gasteiger partial charge in [0.05, 0.1) is 26.8 Å². The van der Waals surface area contributed by atoms with Crippen molar-refractivity contribution in [3.63, 3.8) is 0 Å². The Morgan fingerprint density at radius 2 is 1.69 bits per heavy atom. The third kappa shape index (κ3) is 4.73. The average Bonchev–Trinajstić information content (AvgIpc) is 3.28. The Bertz CT molecular complexity index is 1020. The summed E-state index contributed by atoms with van der Waals surface area (Å²) in [5.74, 6) is 1.82. The largest absolute Gasteiger partial charge is 0.493 e. The fourth-order valence-corrected chi connectivity index (χ4v) is 4.17. The number of tetrazole rings is 1. The van der Waals surface area contributed by atoms with Crippen molar-refractivity contribution < 1.29 is 13.9 Å². The van der Waals surface area contributed by atoms with Crippen LogP contribution in [-0.4, -0.2) is 77.0 Å². The highest BCUT2D eigenvalue weighted by molar-refractivity contribution is 5.45. The first kappa shape index (κ1) is 22.2. The summed E-state index contributed by atoms with van der Waals surface area (Å²) in [6.45, 7) is 7.45. The van der Waals surface area contributed by atoms with Crippen LogP contribution in [0, 0.1) is 5.82 Å². The molecule has 0 bridgehead atoms. The van der Waals surface area contributed by atoms with Gasteiger partial charge in [0.2, 0.25) is 0 Å². The lowest BCUT2D eigenvalue weighted by Gasteiger charge is -2.38. The molecular weight excluding hydrogens is 411 g/mol. The Morgan fingerprint density at radius 1 is 0.969 bits per heavy atom. The number of nitrogens with zero attached hydrogens (tertiary/aromatic N) is 6. The number of rotatable bonds is 8. The van der Waals surface area contributed by atoms with Gasteiger partial charge in [0.25, 0.3) is 0 Å². The van der Waals surface area contributed by atoms with Crippen LogP contribution in [0.15, 0.2) is 42.5 Å². The molecule has 1 aromatic heterocycles. The zero-order valence-corrected chi connectivity index (χ0v) is 18.7. The molecular formula is C23H29FN6O2. The lowest BCUT2D eigenvalue weighted by Crippen LogP contribution is -2.48. The van der Waals surface area contributed by atoms with Crippen molar-refractivity contribution >= 4 is 0 Å². The summed E-state index contributed by atoms with van der Waals surface area (Å²) in [5.41, 5.74) is 1.96. The first-order chi connectivity index (χ1) is 15.6. The first-order valence-electron chi connectivity index (χ1n) is 10.8. The Morgan fingerprint density at radius 3 is 2.34 bits per heavy atom.